The van der Waals surface area contributed by atoms with Crippen LogP contribution in [0.15, 0.2) is 30.3 Å². The molecule has 8 nitrogen and oxygen atoms in total. The van der Waals surface area contributed by atoms with Crippen molar-refractivity contribution in [1.29, 1.82) is 0 Å². The summed E-state index contributed by atoms with van der Waals surface area (Å²) < 4.78 is 5.11. The van der Waals surface area contributed by atoms with Crippen LogP contribution in [0.5, 0.6) is 0 Å². The van der Waals surface area contributed by atoms with Gasteiger partial charge in [0.15, 0.2) is 6.10 Å². The molecule has 0 fully saturated rings. The highest BCUT2D eigenvalue weighted by atomic mass is 16.5. The minimum atomic E-state index is -1.18. The standard InChI is InChI=1S/C18H25N3O5/c1-5-19-18(25)21-15(22)12(4)26-17(24)14(11(2)3)20-16(23)13-9-7-6-8-10-13/h6-12,14H,5H2,1-4H3,(H,20,23)(H2,19,21,22,25). The first kappa shape index (κ1) is 21.1. The van der Waals surface area contributed by atoms with Gasteiger partial charge in [0.25, 0.3) is 11.8 Å². The number of imide groups is 1. The Labute approximate surface area is 152 Å². The predicted octanol–water partition coefficient (Wildman–Crippen LogP) is 1.22. The largest absolute Gasteiger partial charge is 0.451 e. The molecular weight excluding hydrogens is 338 g/mol. The van der Waals surface area contributed by atoms with Gasteiger partial charge in [0, 0.05) is 12.1 Å². The maximum absolute atomic E-state index is 12.4. The summed E-state index contributed by atoms with van der Waals surface area (Å²) in [4.78, 5) is 47.8. The Morgan fingerprint density at radius 3 is 2.19 bits per heavy atom. The molecule has 0 heterocycles. The molecule has 0 saturated carbocycles. The first-order valence-corrected chi connectivity index (χ1v) is 8.41. The Kier molecular flexibility index (Phi) is 8.27. The van der Waals surface area contributed by atoms with Crippen molar-refractivity contribution in [2.24, 2.45) is 5.92 Å². The summed E-state index contributed by atoms with van der Waals surface area (Å²) in [5.41, 5.74) is 0.410. The number of nitrogens with one attached hydrogen (secondary N) is 3. The molecule has 0 aliphatic heterocycles. The molecule has 0 aliphatic rings. The number of ether oxygens (including phenoxy) is 1. The maximum atomic E-state index is 12.4. The smallest absolute Gasteiger partial charge is 0.329 e. The van der Waals surface area contributed by atoms with E-state index >= 15 is 0 Å². The third-order valence-corrected chi connectivity index (χ3v) is 3.48. The van der Waals surface area contributed by atoms with Crippen LogP contribution in [0.1, 0.15) is 38.1 Å². The molecule has 0 bridgehead atoms. The molecule has 1 aromatic rings. The molecule has 4 amide bonds. The zero-order valence-electron chi connectivity index (χ0n) is 15.4. The van der Waals surface area contributed by atoms with Crippen molar-refractivity contribution in [1.82, 2.24) is 16.0 Å². The summed E-state index contributed by atoms with van der Waals surface area (Å²) in [6.07, 6.45) is -1.18. The highest BCUT2D eigenvalue weighted by molar-refractivity contribution is 5.98. The van der Waals surface area contributed by atoms with Gasteiger partial charge >= 0.3 is 12.0 Å². The maximum Gasteiger partial charge on any atom is 0.329 e. The average Bonchev–Trinajstić information content (AvgIpc) is 2.59. The van der Waals surface area contributed by atoms with Gasteiger partial charge in [-0.15, -0.1) is 0 Å². The Morgan fingerprint density at radius 1 is 1.04 bits per heavy atom. The number of amides is 4. The van der Waals surface area contributed by atoms with E-state index in [0.717, 1.165) is 0 Å². The Morgan fingerprint density at radius 2 is 1.65 bits per heavy atom. The molecule has 1 rings (SSSR count). The van der Waals surface area contributed by atoms with E-state index < -0.39 is 36.0 Å². The van der Waals surface area contributed by atoms with Gasteiger partial charge in [-0.1, -0.05) is 32.0 Å². The van der Waals surface area contributed by atoms with Crippen molar-refractivity contribution < 1.29 is 23.9 Å². The topological polar surface area (TPSA) is 114 Å². The molecule has 2 unspecified atom stereocenters. The average molecular weight is 363 g/mol. The molecular formula is C18H25N3O5. The zero-order valence-corrected chi connectivity index (χ0v) is 15.4. The fourth-order valence-electron chi connectivity index (χ4n) is 2.03. The lowest BCUT2D eigenvalue weighted by molar-refractivity contribution is -0.157. The number of carbonyl (C=O) groups excluding carboxylic acids is 4. The van der Waals surface area contributed by atoms with Gasteiger partial charge in [-0.3, -0.25) is 14.9 Å². The van der Waals surface area contributed by atoms with E-state index in [4.69, 9.17) is 4.74 Å². The second-order valence-electron chi connectivity index (χ2n) is 5.99. The fraction of sp³-hybridized carbons (Fsp3) is 0.444. The first-order valence-electron chi connectivity index (χ1n) is 8.41. The van der Waals surface area contributed by atoms with Crippen molar-refractivity contribution in [2.75, 3.05) is 6.54 Å². The molecule has 2 atom stereocenters. The Bertz CT molecular complexity index is 645. The van der Waals surface area contributed by atoms with E-state index in [2.05, 4.69) is 16.0 Å². The monoisotopic (exact) mass is 363 g/mol. The number of urea groups is 1. The molecule has 0 saturated heterocycles. The zero-order chi connectivity index (χ0) is 19.7. The van der Waals surface area contributed by atoms with Gasteiger partial charge < -0.3 is 15.4 Å². The second kappa shape index (κ2) is 10.2. The quantitative estimate of drug-likeness (QED) is 0.630. The van der Waals surface area contributed by atoms with Crippen LogP contribution in [0.2, 0.25) is 0 Å². The molecule has 3 N–H and O–H groups in total. The lowest BCUT2D eigenvalue weighted by atomic mass is 10.0. The van der Waals surface area contributed by atoms with Gasteiger partial charge in [-0.05, 0) is 31.9 Å². The highest BCUT2D eigenvalue weighted by Gasteiger charge is 2.29. The van der Waals surface area contributed by atoms with Crippen LogP contribution < -0.4 is 16.0 Å². The number of esters is 1. The summed E-state index contributed by atoms with van der Waals surface area (Å²) in [6.45, 7) is 6.90. The van der Waals surface area contributed by atoms with Crippen molar-refractivity contribution in [3.05, 3.63) is 35.9 Å². The summed E-state index contributed by atoms with van der Waals surface area (Å²) >= 11 is 0. The molecule has 1 aromatic carbocycles. The van der Waals surface area contributed by atoms with E-state index in [-0.39, 0.29) is 5.92 Å². The third-order valence-electron chi connectivity index (χ3n) is 3.48. The van der Waals surface area contributed by atoms with E-state index in [9.17, 15) is 19.2 Å². The summed E-state index contributed by atoms with van der Waals surface area (Å²) in [5, 5.41) is 7.08. The Balaban J connectivity index is 2.69. The van der Waals surface area contributed by atoms with E-state index in [1.54, 1.807) is 51.1 Å². The van der Waals surface area contributed by atoms with Crippen LogP contribution in [0, 0.1) is 5.92 Å². The number of hydrogen-bond acceptors (Lipinski definition) is 5. The molecule has 0 radical (unpaired) electrons. The van der Waals surface area contributed by atoms with Crippen LogP contribution in [0.25, 0.3) is 0 Å². The van der Waals surface area contributed by atoms with Gasteiger partial charge in [-0.2, -0.15) is 0 Å². The van der Waals surface area contributed by atoms with E-state index in [0.29, 0.717) is 12.1 Å². The molecule has 0 spiro atoms. The van der Waals surface area contributed by atoms with Crippen LogP contribution in [0.3, 0.4) is 0 Å². The highest BCUT2D eigenvalue weighted by Crippen LogP contribution is 2.08. The van der Waals surface area contributed by atoms with E-state index in [1.807, 2.05) is 0 Å². The van der Waals surface area contributed by atoms with Crippen molar-refractivity contribution >= 4 is 23.8 Å². The number of carbonyl (C=O) groups is 4. The van der Waals surface area contributed by atoms with Gasteiger partial charge in [0.1, 0.15) is 6.04 Å². The molecule has 0 aromatic heterocycles. The summed E-state index contributed by atoms with van der Waals surface area (Å²) in [7, 11) is 0. The summed E-state index contributed by atoms with van der Waals surface area (Å²) in [6, 6.07) is 6.86. The van der Waals surface area contributed by atoms with Crippen LogP contribution >= 0.6 is 0 Å². The van der Waals surface area contributed by atoms with Gasteiger partial charge in [0.2, 0.25) is 0 Å². The lowest BCUT2D eigenvalue weighted by Gasteiger charge is -2.22. The summed E-state index contributed by atoms with van der Waals surface area (Å²) in [5.74, 6) is -2.17. The van der Waals surface area contributed by atoms with Gasteiger partial charge in [-0.25, -0.2) is 9.59 Å². The first-order chi connectivity index (χ1) is 12.3. The predicted molar refractivity (Wildman–Crippen MR) is 95.3 cm³/mol. The number of rotatable bonds is 7. The normalized spacial score (nSPS) is 12.7. The minimum Gasteiger partial charge on any atom is -0.451 e. The van der Waals surface area contributed by atoms with Crippen molar-refractivity contribution in [3.63, 3.8) is 0 Å². The fourth-order valence-corrected chi connectivity index (χ4v) is 2.03. The van der Waals surface area contributed by atoms with Crippen LogP contribution in [-0.2, 0) is 14.3 Å². The molecule has 8 heteroatoms. The van der Waals surface area contributed by atoms with Crippen molar-refractivity contribution in [2.45, 2.75) is 39.8 Å². The Hall–Kier alpha value is -2.90. The number of hydrogen-bond donors (Lipinski definition) is 3. The van der Waals surface area contributed by atoms with Crippen LogP contribution in [-0.4, -0.2) is 42.5 Å². The third kappa shape index (κ3) is 6.54. The van der Waals surface area contributed by atoms with Gasteiger partial charge in [0.05, 0.1) is 0 Å². The number of benzene rings is 1. The lowest BCUT2D eigenvalue weighted by Crippen LogP contribution is -2.49. The SMILES string of the molecule is CCNC(=O)NC(=O)C(C)OC(=O)C(NC(=O)c1ccccc1)C(C)C. The molecule has 26 heavy (non-hydrogen) atoms. The van der Waals surface area contributed by atoms with Crippen LogP contribution in [0.4, 0.5) is 4.79 Å². The van der Waals surface area contributed by atoms with E-state index in [1.165, 1.54) is 6.92 Å². The minimum absolute atomic E-state index is 0.256. The van der Waals surface area contributed by atoms with Crippen molar-refractivity contribution in [3.8, 4) is 0 Å². The molecule has 142 valence electrons. The second-order valence-corrected chi connectivity index (χ2v) is 5.99. The molecule has 0 aliphatic carbocycles.